The summed E-state index contributed by atoms with van der Waals surface area (Å²) in [5.41, 5.74) is 1.34. The highest BCUT2D eigenvalue weighted by molar-refractivity contribution is 6.31. The maximum absolute atomic E-state index is 10.8. The Hall–Kier alpha value is -0.570. The zero-order chi connectivity index (χ0) is 13.9. The molecular formula is C16H24ClNO. The third kappa shape index (κ3) is 3.50. The van der Waals surface area contributed by atoms with Crippen LogP contribution in [-0.4, -0.2) is 17.7 Å². The second kappa shape index (κ2) is 6.25. The van der Waals surface area contributed by atoms with Gasteiger partial charge in [0.05, 0.1) is 5.60 Å². The molecule has 0 unspecified atom stereocenters. The van der Waals surface area contributed by atoms with E-state index in [9.17, 15) is 5.11 Å². The minimum atomic E-state index is -0.693. The molecule has 1 fully saturated rings. The molecule has 0 aromatic heterocycles. The largest absolute Gasteiger partial charge is 0.385 e. The minimum absolute atomic E-state index is 0.557. The van der Waals surface area contributed by atoms with Gasteiger partial charge >= 0.3 is 0 Å². The number of nitrogens with one attached hydrogen (secondary N) is 1. The first-order valence-corrected chi connectivity index (χ1v) is 7.65. The number of halogens is 1. The van der Waals surface area contributed by atoms with Gasteiger partial charge < -0.3 is 10.4 Å². The molecule has 0 radical (unpaired) electrons. The molecule has 0 saturated heterocycles. The maximum Gasteiger partial charge on any atom is 0.0898 e. The molecule has 0 spiro atoms. The highest BCUT2D eigenvalue weighted by Crippen LogP contribution is 2.38. The van der Waals surface area contributed by atoms with Crippen LogP contribution < -0.4 is 5.32 Å². The average molecular weight is 282 g/mol. The zero-order valence-electron chi connectivity index (χ0n) is 11.9. The molecule has 1 saturated carbocycles. The van der Waals surface area contributed by atoms with Crippen LogP contribution in [0, 0.1) is 6.92 Å². The summed E-state index contributed by atoms with van der Waals surface area (Å²) >= 11 is 6.17. The van der Waals surface area contributed by atoms with Gasteiger partial charge in [-0.1, -0.05) is 30.7 Å². The van der Waals surface area contributed by atoms with E-state index in [4.69, 9.17) is 11.6 Å². The maximum atomic E-state index is 10.8. The van der Waals surface area contributed by atoms with Crippen LogP contribution >= 0.6 is 11.6 Å². The summed E-state index contributed by atoms with van der Waals surface area (Å²) in [6.45, 7) is 5.24. The quantitative estimate of drug-likeness (QED) is 0.880. The summed E-state index contributed by atoms with van der Waals surface area (Å²) in [6.07, 6.45) is 4.85. The van der Waals surface area contributed by atoms with Crippen LogP contribution in [0.25, 0.3) is 0 Å². The first-order chi connectivity index (χ1) is 9.05. The second-order valence-corrected chi connectivity index (χ2v) is 6.13. The molecule has 2 nitrogen and oxygen atoms in total. The molecule has 0 bridgehead atoms. The molecule has 19 heavy (non-hydrogen) atoms. The van der Waals surface area contributed by atoms with E-state index in [0.717, 1.165) is 54.8 Å². The lowest BCUT2D eigenvalue weighted by atomic mass is 9.77. The van der Waals surface area contributed by atoms with E-state index in [0.29, 0.717) is 6.04 Å². The average Bonchev–Trinajstić information content (AvgIpc) is 2.41. The number of hydrogen-bond donors (Lipinski definition) is 2. The van der Waals surface area contributed by atoms with E-state index in [1.165, 1.54) is 0 Å². The number of aliphatic hydroxyl groups is 1. The number of hydrogen-bond acceptors (Lipinski definition) is 2. The fourth-order valence-electron chi connectivity index (χ4n) is 2.82. The van der Waals surface area contributed by atoms with Gasteiger partial charge in [0.1, 0.15) is 0 Å². The predicted molar refractivity (Wildman–Crippen MR) is 80.6 cm³/mol. The van der Waals surface area contributed by atoms with Gasteiger partial charge in [-0.25, -0.2) is 0 Å². The van der Waals surface area contributed by atoms with Gasteiger partial charge in [-0.3, -0.25) is 0 Å². The van der Waals surface area contributed by atoms with Crippen molar-refractivity contribution in [2.75, 3.05) is 6.54 Å². The zero-order valence-corrected chi connectivity index (χ0v) is 12.6. The van der Waals surface area contributed by atoms with Crippen LogP contribution in [0.4, 0.5) is 0 Å². The van der Waals surface area contributed by atoms with Gasteiger partial charge in [-0.2, -0.15) is 0 Å². The van der Waals surface area contributed by atoms with Crippen LogP contribution in [0.15, 0.2) is 18.2 Å². The summed E-state index contributed by atoms with van der Waals surface area (Å²) < 4.78 is 0. The summed E-state index contributed by atoms with van der Waals surface area (Å²) in [7, 11) is 0. The fourth-order valence-corrected chi connectivity index (χ4v) is 3.00. The highest BCUT2D eigenvalue weighted by atomic mass is 35.5. The standard InChI is InChI=1S/C16H24ClNO/c1-3-10-18-14-6-8-16(19,9-7-14)13-5-4-12(2)15(17)11-13/h4-5,11,14,18-19H,3,6-10H2,1-2H3. The Morgan fingerprint density at radius 1 is 1.37 bits per heavy atom. The first kappa shape index (κ1) is 14.8. The Balaban J connectivity index is 2.02. The predicted octanol–water partition coefficient (Wildman–Crippen LogP) is 3.78. The van der Waals surface area contributed by atoms with Gasteiger partial charge in [0.2, 0.25) is 0 Å². The lowest BCUT2D eigenvalue weighted by Crippen LogP contribution is -2.40. The van der Waals surface area contributed by atoms with Gasteiger partial charge in [-0.05, 0) is 62.8 Å². The lowest BCUT2D eigenvalue weighted by molar-refractivity contribution is -0.00826. The second-order valence-electron chi connectivity index (χ2n) is 5.72. The van der Waals surface area contributed by atoms with Crippen molar-refractivity contribution in [3.05, 3.63) is 34.3 Å². The number of rotatable bonds is 4. The summed E-state index contributed by atoms with van der Waals surface area (Å²) in [4.78, 5) is 0. The first-order valence-electron chi connectivity index (χ1n) is 7.27. The van der Waals surface area contributed by atoms with E-state index in [-0.39, 0.29) is 0 Å². The van der Waals surface area contributed by atoms with Gasteiger partial charge in [-0.15, -0.1) is 0 Å². The topological polar surface area (TPSA) is 32.3 Å². The fraction of sp³-hybridized carbons (Fsp3) is 0.625. The molecule has 2 rings (SSSR count). The molecule has 0 atom stereocenters. The van der Waals surface area contributed by atoms with Crippen LogP contribution in [0.1, 0.15) is 50.2 Å². The summed E-state index contributed by atoms with van der Waals surface area (Å²) in [5, 5.41) is 15.1. The van der Waals surface area contributed by atoms with Crippen LogP contribution in [0.3, 0.4) is 0 Å². The van der Waals surface area contributed by atoms with Crippen LogP contribution in [0.2, 0.25) is 5.02 Å². The molecule has 3 heteroatoms. The van der Waals surface area contributed by atoms with Crippen LogP contribution in [-0.2, 0) is 5.60 Å². The third-order valence-corrected chi connectivity index (χ3v) is 4.61. The van der Waals surface area contributed by atoms with Gasteiger partial charge in [0.25, 0.3) is 0 Å². The SMILES string of the molecule is CCCNC1CCC(O)(c2ccc(C)c(Cl)c2)CC1. The lowest BCUT2D eigenvalue weighted by Gasteiger charge is -2.37. The van der Waals surface area contributed by atoms with Gasteiger partial charge in [0.15, 0.2) is 0 Å². The Kier molecular flexibility index (Phi) is 4.88. The Labute approximate surface area is 121 Å². The molecular weight excluding hydrogens is 258 g/mol. The third-order valence-electron chi connectivity index (χ3n) is 4.20. The molecule has 0 heterocycles. The number of aryl methyl sites for hydroxylation is 1. The van der Waals surface area contributed by atoms with Crippen molar-refractivity contribution in [3.8, 4) is 0 Å². The normalized spacial score (nSPS) is 27.5. The minimum Gasteiger partial charge on any atom is -0.385 e. The van der Waals surface area contributed by atoms with Crippen molar-refractivity contribution in [1.82, 2.24) is 5.32 Å². The van der Waals surface area contributed by atoms with Gasteiger partial charge in [0, 0.05) is 11.1 Å². The van der Waals surface area contributed by atoms with Crippen molar-refractivity contribution < 1.29 is 5.11 Å². The molecule has 1 aliphatic rings. The Bertz CT molecular complexity index is 425. The molecule has 0 amide bonds. The highest BCUT2D eigenvalue weighted by Gasteiger charge is 2.34. The van der Waals surface area contributed by atoms with E-state index < -0.39 is 5.60 Å². The van der Waals surface area contributed by atoms with E-state index in [1.54, 1.807) is 0 Å². The van der Waals surface area contributed by atoms with Crippen molar-refractivity contribution >= 4 is 11.6 Å². The molecule has 106 valence electrons. The number of benzene rings is 1. The van der Waals surface area contributed by atoms with Crippen molar-refractivity contribution in [2.24, 2.45) is 0 Å². The molecule has 0 aliphatic heterocycles. The molecule has 1 aliphatic carbocycles. The van der Waals surface area contributed by atoms with E-state index >= 15 is 0 Å². The van der Waals surface area contributed by atoms with Crippen molar-refractivity contribution in [1.29, 1.82) is 0 Å². The monoisotopic (exact) mass is 281 g/mol. The molecule has 1 aromatic carbocycles. The molecule has 1 aromatic rings. The van der Waals surface area contributed by atoms with E-state index in [2.05, 4.69) is 12.2 Å². The smallest absolute Gasteiger partial charge is 0.0898 e. The van der Waals surface area contributed by atoms with E-state index in [1.807, 2.05) is 25.1 Å². The van der Waals surface area contributed by atoms with Crippen molar-refractivity contribution in [2.45, 2.75) is 57.6 Å². The summed E-state index contributed by atoms with van der Waals surface area (Å²) in [5.74, 6) is 0. The Morgan fingerprint density at radius 2 is 2.05 bits per heavy atom. The molecule has 2 N–H and O–H groups in total. The van der Waals surface area contributed by atoms with Crippen LogP contribution in [0.5, 0.6) is 0 Å². The van der Waals surface area contributed by atoms with Crippen molar-refractivity contribution in [3.63, 3.8) is 0 Å². The Morgan fingerprint density at radius 3 is 2.63 bits per heavy atom. The summed E-state index contributed by atoms with van der Waals surface area (Å²) in [6, 6.07) is 6.50.